The van der Waals surface area contributed by atoms with Gasteiger partial charge in [-0.1, -0.05) is 26.0 Å². The van der Waals surface area contributed by atoms with Gasteiger partial charge in [0.15, 0.2) is 0 Å². The van der Waals surface area contributed by atoms with Gasteiger partial charge in [0, 0.05) is 6.42 Å². The number of hydrogen-bond acceptors (Lipinski definition) is 5. The Kier molecular flexibility index (Phi) is 7.94. The number of carbonyl (C=O) groups is 5. The second-order valence-corrected chi connectivity index (χ2v) is 7.69. The Bertz CT molecular complexity index is 871. The summed E-state index contributed by atoms with van der Waals surface area (Å²) in [5, 5.41) is 16.9. The van der Waals surface area contributed by atoms with Gasteiger partial charge in [0.2, 0.25) is 17.7 Å². The van der Waals surface area contributed by atoms with Crippen LogP contribution >= 0.6 is 0 Å². The van der Waals surface area contributed by atoms with Crippen molar-refractivity contribution in [3.63, 3.8) is 0 Å². The second-order valence-electron chi connectivity index (χ2n) is 7.69. The van der Waals surface area contributed by atoms with E-state index in [1.165, 1.54) is 4.90 Å². The van der Waals surface area contributed by atoms with Crippen LogP contribution in [-0.4, -0.2) is 53.5 Å². The first-order valence-corrected chi connectivity index (χ1v) is 9.86. The summed E-state index contributed by atoms with van der Waals surface area (Å²) >= 11 is 0. The molecule has 11 nitrogen and oxygen atoms in total. The number of urea groups is 1. The number of anilines is 2. The van der Waals surface area contributed by atoms with Crippen LogP contribution in [0.15, 0.2) is 24.3 Å². The van der Waals surface area contributed by atoms with Crippen molar-refractivity contribution in [2.75, 3.05) is 16.8 Å². The Morgan fingerprint density at radius 3 is 2.45 bits per heavy atom. The molecule has 11 heteroatoms. The summed E-state index contributed by atoms with van der Waals surface area (Å²) in [4.78, 5) is 61.3. The number of amides is 5. The van der Waals surface area contributed by atoms with Crippen LogP contribution < -0.4 is 26.6 Å². The molecule has 1 aromatic rings. The van der Waals surface area contributed by atoms with Crippen molar-refractivity contribution < 1.29 is 29.1 Å². The summed E-state index contributed by atoms with van der Waals surface area (Å²) in [5.74, 6) is -3.08. The molecule has 0 aliphatic carbocycles. The molecule has 0 saturated carbocycles. The molecule has 31 heavy (non-hydrogen) atoms. The monoisotopic (exact) mass is 433 g/mol. The molecule has 168 valence electrons. The maximum absolute atomic E-state index is 12.9. The molecule has 0 saturated heterocycles. The molecular formula is C20H27N5O6. The lowest BCUT2D eigenvalue weighted by atomic mass is 10.0. The van der Waals surface area contributed by atoms with Crippen LogP contribution in [0.25, 0.3) is 0 Å². The summed E-state index contributed by atoms with van der Waals surface area (Å²) in [6.07, 6.45) is -0.141. The van der Waals surface area contributed by atoms with Gasteiger partial charge >= 0.3 is 12.0 Å². The van der Waals surface area contributed by atoms with E-state index in [1.54, 1.807) is 24.3 Å². The van der Waals surface area contributed by atoms with Crippen molar-refractivity contribution in [2.45, 2.75) is 45.2 Å². The zero-order chi connectivity index (χ0) is 23.1. The van der Waals surface area contributed by atoms with E-state index in [0.717, 1.165) is 0 Å². The summed E-state index contributed by atoms with van der Waals surface area (Å²) in [6.45, 7) is 3.46. The molecule has 2 atom stereocenters. The fourth-order valence-corrected chi connectivity index (χ4v) is 3.16. The number of carboxylic acid groups (broad SMARTS) is 1. The van der Waals surface area contributed by atoms with E-state index < -0.39 is 35.9 Å². The number of primary amides is 1. The van der Waals surface area contributed by atoms with Gasteiger partial charge in [-0.15, -0.1) is 0 Å². The average Bonchev–Trinajstić information content (AvgIpc) is 2.68. The smallest absolute Gasteiger partial charge is 0.326 e. The van der Waals surface area contributed by atoms with E-state index in [9.17, 15) is 29.1 Å². The quantitative estimate of drug-likeness (QED) is 0.377. The SMILES string of the molecule is CC(C)CC(NC(=O)N1CC(=O)Nc2ccccc21)C(=O)NC(CCC(N)=O)C(=O)O. The molecule has 1 aromatic carbocycles. The lowest BCUT2D eigenvalue weighted by molar-refractivity contribution is -0.142. The highest BCUT2D eigenvalue weighted by Gasteiger charge is 2.31. The van der Waals surface area contributed by atoms with E-state index in [2.05, 4.69) is 16.0 Å². The van der Waals surface area contributed by atoms with E-state index >= 15 is 0 Å². The molecule has 1 aliphatic heterocycles. The number of benzene rings is 1. The van der Waals surface area contributed by atoms with Crippen LogP contribution in [0.2, 0.25) is 0 Å². The molecular weight excluding hydrogens is 406 g/mol. The molecule has 0 fully saturated rings. The predicted molar refractivity (Wildman–Crippen MR) is 112 cm³/mol. The highest BCUT2D eigenvalue weighted by Crippen LogP contribution is 2.28. The average molecular weight is 433 g/mol. The van der Waals surface area contributed by atoms with Gasteiger partial charge in [-0.25, -0.2) is 9.59 Å². The normalized spacial score (nSPS) is 14.8. The van der Waals surface area contributed by atoms with E-state index in [-0.39, 0.29) is 37.6 Å². The molecule has 1 aliphatic rings. The number of nitrogens with two attached hydrogens (primary N) is 1. The second kappa shape index (κ2) is 10.4. The number of nitrogens with one attached hydrogen (secondary N) is 3. The van der Waals surface area contributed by atoms with Crippen molar-refractivity contribution in [1.29, 1.82) is 0 Å². The highest BCUT2D eigenvalue weighted by atomic mass is 16.4. The van der Waals surface area contributed by atoms with E-state index in [1.807, 2.05) is 13.8 Å². The molecule has 5 amide bonds. The van der Waals surface area contributed by atoms with Gasteiger partial charge in [-0.05, 0) is 30.9 Å². The molecule has 6 N–H and O–H groups in total. The number of hydrogen-bond donors (Lipinski definition) is 5. The van der Waals surface area contributed by atoms with Gasteiger partial charge in [-0.2, -0.15) is 0 Å². The molecule has 0 aromatic heterocycles. The number of nitrogens with zero attached hydrogens (tertiary/aromatic N) is 1. The first kappa shape index (κ1) is 23.6. The number of carboxylic acids is 1. The van der Waals surface area contributed by atoms with Gasteiger partial charge in [0.25, 0.3) is 0 Å². The summed E-state index contributed by atoms with van der Waals surface area (Å²) < 4.78 is 0. The largest absolute Gasteiger partial charge is 0.480 e. The Labute approximate surface area is 179 Å². The summed E-state index contributed by atoms with van der Waals surface area (Å²) in [6, 6.07) is 3.72. The van der Waals surface area contributed by atoms with Crippen molar-refractivity contribution in [3.05, 3.63) is 24.3 Å². The number of fused-ring (bicyclic) bond motifs is 1. The Morgan fingerprint density at radius 2 is 1.84 bits per heavy atom. The van der Waals surface area contributed by atoms with Crippen LogP contribution in [0, 0.1) is 5.92 Å². The van der Waals surface area contributed by atoms with E-state index in [0.29, 0.717) is 11.4 Å². The third-order valence-corrected chi connectivity index (χ3v) is 4.63. The Balaban J connectivity index is 2.16. The fraction of sp³-hybridized carbons (Fsp3) is 0.450. The summed E-state index contributed by atoms with van der Waals surface area (Å²) in [5.41, 5.74) is 6.00. The lowest BCUT2D eigenvalue weighted by Gasteiger charge is -2.31. The maximum atomic E-state index is 12.9. The van der Waals surface area contributed by atoms with Gasteiger partial charge in [0.1, 0.15) is 18.6 Å². The number of rotatable bonds is 9. The molecule has 1 heterocycles. The Hall–Kier alpha value is -3.63. The third-order valence-electron chi connectivity index (χ3n) is 4.63. The van der Waals surface area contributed by atoms with Crippen LogP contribution in [0.1, 0.15) is 33.1 Å². The minimum Gasteiger partial charge on any atom is -0.480 e. The number of para-hydroxylation sites is 2. The topological polar surface area (TPSA) is 171 Å². The van der Waals surface area contributed by atoms with Crippen molar-refractivity contribution in [3.8, 4) is 0 Å². The van der Waals surface area contributed by atoms with Crippen LogP contribution in [0.3, 0.4) is 0 Å². The van der Waals surface area contributed by atoms with Gasteiger partial charge in [-0.3, -0.25) is 19.3 Å². The van der Waals surface area contributed by atoms with E-state index in [4.69, 9.17) is 5.73 Å². The Morgan fingerprint density at radius 1 is 1.16 bits per heavy atom. The minimum absolute atomic E-state index is 0.00175. The van der Waals surface area contributed by atoms with Crippen molar-refractivity contribution in [2.24, 2.45) is 11.7 Å². The van der Waals surface area contributed by atoms with Crippen LogP contribution in [-0.2, 0) is 19.2 Å². The first-order valence-electron chi connectivity index (χ1n) is 9.86. The molecule has 0 spiro atoms. The molecule has 2 unspecified atom stereocenters. The minimum atomic E-state index is -1.33. The van der Waals surface area contributed by atoms with Crippen LogP contribution in [0.5, 0.6) is 0 Å². The van der Waals surface area contributed by atoms with Gasteiger partial charge in [0.05, 0.1) is 11.4 Å². The predicted octanol–water partition coefficient (Wildman–Crippen LogP) is 0.404. The zero-order valence-corrected chi connectivity index (χ0v) is 17.4. The standard InChI is InChI=1S/C20H27N5O6/c1-11(2)9-14(18(28)23-13(19(29)30)7-8-16(21)26)24-20(31)25-10-17(27)22-12-5-3-4-6-15(12)25/h3-6,11,13-14H,7-10H2,1-2H3,(H2,21,26)(H,22,27)(H,23,28)(H,24,31)(H,29,30). The highest BCUT2D eigenvalue weighted by molar-refractivity contribution is 6.10. The molecule has 0 radical (unpaired) electrons. The van der Waals surface area contributed by atoms with Crippen molar-refractivity contribution in [1.82, 2.24) is 10.6 Å². The molecule has 0 bridgehead atoms. The molecule has 2 rings (SSSR count). The third kappa shape index (κ3) is 6.69. The maximum Gasteiger partial charge on any atom is 0.326 e. The van der Waals surface area contributed by atoms with Gasteiger partial charge < -0.3 is 26.8 Å². The van der Waals surface area contributed by atoms with Crippen LogP contribution in [0.4, 0.5) is 16.2 Å². The lowest BCUT2D eigenvalue weighted by Crippen LogP contribution is -2.56. The zero-order valence-electron chi connectivity index (χ0n) is 17.4. The fourth-order valence-electron chi connectivity index (χ4n) is 3.16. The first-order chi connectivity index (χ1) is 14.6. The number of aliphatic carboxylic acids is 1. The number of carbonyl (C=O) groups excluding carboxylic acids is 4. The summed E-state index contributed by atoms with van der Waals surface area (Å²) in [7, 11) is 0. The van der Waals surface area contributed by atoms with Crippen molar-refractivity contribution >= 4 is 41.1 Å².